The second-order valence-electron chi connectivity index (χ2n) is 2.83. The minimum atomic E-state index is -0.993. The molecule has 0 aliphatic rings. The van der Waals surface area contributed by atoms with Crippen LogP contribution in [0.4, 0.5) is 0 Å². The number of rotatable bonds is 3. The van der Waals surface area contributed by atoms with Crippen molar-refractivity contribution >= 4 is 27.9 Å². The van der Waals surface area contributed by atoms with Gasteiger partial charge in [0.15, 0.2) is 0 Å². The fourth-order valence-corrected chi connectivity index (χ4v) is 1.70. The van der Waals surface area contributed by atoms with E-state index in [1.165, 1.54) is 13.2 Å². The molecular weight excluding hydrogens is 264 g/mol. The Morgan fingerprint density at radius 1 is 1.47 bits per heavy atom. The molecule has 0 fully saturated rings. The molecule has 0 saturated heterocycles. The highest BCUT2D eigenvalue weighted by Gasteiger charge is 2.16. The summed E-state index contributed by atoms with van der Waals surface area (Å²) in [5.41, 5.74) is 0.700. The lowest BCUT2D eigenvalue weighted by molar-refractivity contribution is -0.136. The normalized spacial score (nSPS) is 9.73. The van der Waals surface area contributed by atoms with Crippen LogP contribution in [-0.4, -0.2) is 24.2 Å². The molecular formula is C10H9BrO4. The van der Waals surface area contributed by atoms with Crippen LogP contribution in [0.5, 0.6) is 0 Å². The largest absolute Gasteiger partial charge is 0.481 e. The van der Waals surface area contributed by atoms with Gasteiger partial charge in [0.25, 0.3) is 0 Å². The first kappa shape index (κ1) is 11.7. The van der Waals surface area contributed by atoms with Gasteiger partial charge in [0, 0.05) is 4.47 Å². The minimum Gasteiger partial charge on any atom is -0.481 e. The molecule has 0 heterocycles. The lowest BCUT2D eigenvalue weighted by Crippen LogP contribution is -2.10. The van der Waals surface area contributed by atoms with Crippen LogP contribution in [0.1, 0.15) is 15.9 Å². The fraction of sp³-hybridized carbons (Fsp3) is 0.200. The van der Waals surface area contributed by atoms with Crippen LogP contribution < -0.4 is 0 Å². The third-order valence-corrected chi connectivity index (χ3v) is 2.60. The summed E-state index contributed by atoms with van der Waals surface area (Å²) in [6.45, 7) is 0. The van der Waals surface area contributed by atoms with E-state index in [0.717, 1.165) is 0 Å². The zero-order valence-electron chi connectivity index (χ0n) is 7.99. The SMILES string of the molecule is COC(=O)c1cccc(Br)c1CC(=O)O. The van der Waals surface area contributed by atoms with Crippen molar-refractivity contribution in [3.8, 4) is 0 Å². The molecule has 0 spiro atoms. The van der Waals surface area contributed by atoms with E-state index in [2.05, 4.69) is 20.7 Å². The number of benzene rings is 1. The molecule has 4 nitrogen and oxygen atoms in total. The van der Waals surface area contributed by atoms with Crippen LogP contribution in [-0.2, 0) is 16.0 Å². The molecule has 1 aromatic carbocycles. The number of methoxy groups -OCH3 is 1. The Kier molecular flexibility index (Phi) is 3.85. The zero-order valence-corrected chi connectivity index (χ0v) is 9.58. The predicted octanol–water partition coefficient (Wildman–Crippen LogP) is 1.86. The van der Waals surface area contributed by atoms with E-state index in [1.54, 1.807) is 12.1 Å². The molecule has 5 heteroatoms. The number of carbonyl (C=O) groups excluding carboxylic acids is 1. The summed E-state index contributed by atoms with van der Waals surface area (Å²) >= 11 is 3.20. The van der Waals surface area contributed by atoms with Crippen LogP contribution in [0.25, 0.3) is 0 Å². The molecule has 15 heavy (non-hydrogen) atoms. The van der Waals surface area contributed by atoms with Crippen molar-refractivity contribution in [2.45, 2.75) is 6.42 Å². The molecule has 0 aliphatic carbocycles. The van der Waals surface area contributed by atoms with Crippen molar-refractivity contribution in [3.63, 3.8) is 0 Å². The van der Waals surface area contributed by atoms with Crippen molar-refractivity contribution in [2.24, 2.45) is 0 Å². The van der Waals surface area contributed by atoms with Crippen molar-refractivity contribution in [3.05, 3.63) is 33.8 Å². The summed E-state index contributed by atoms with van der Waals surface area (Å²) in [5, 5.41) is 8.70. The highest BCUT2D eigenvalue weighted by molar-refractivity contribution is 9.10. The average Bonchev–Trinajstić information content (AvgIpc) is 2.19. The van der Waals surface area contributed by atoms with Crippen LogP contribution in [0.3, 0.4) is 0 Å². The first-order chi connectivity index (χ1) is 7.06. The second-order valence-corrected chi connectivity index (χ2v) is 3.68. The van der Waals surface area contributed by atoms with E-state index in [0.29, 0.717) is 10.0 Å². The third-order valence-electron chi connectivity index (χ3n) is 1.85. The molecule has 0 bridgehead atoms. The number of carbonyl (C=O) groups is 2. The lowest BCUT2D eigenvalue weighted by Gasteiger charge is -2.07. The van der Waals surface area contributed by atoms with Crippen molar-refractivity contribution in [1.82, 2.24) is 0 Å². The van der Waals surface area contributed by atoms with Gasteiger partial charge in [-0.05, 0) is 17.7 Å². The van der Waals surface area contributed by atoms with Gasteiger partial charge in [0.05, 0.1) is 19.1 Å². The Bertz CT molecular complexity index is 400. The molecule has 0 aliphatic heterocycles. The van der Waals surface area contributed by atoms with E-state index in [4.69, 9.17) is 5.11 Å². The Balaban J connectivity index is 3.19. The van der Waals surface area contributed by atoms with Gasteiger partial charge in [0.1, 0.15) is 0 Å². The Labute approximate surface area is 95.0 Å². The number of halogens is 1. The maximum absolute atomic E-state index is 11.3. The zero-order chi connectivity index (χ0) is 11.4. The molecule has 1 rings (SSSR count). The summed E-state index contributed by atoms with van der Waals surface area (Å²) in [6.07, 6.45) is -0.216. The molecule has 1 aromatic rings. The number of carboxylic acids is 1. The standard InChI is InChI=1S/C10H9BrO4/c1-15-10(14)6-3-2-4-8(11)7(6)5-9(12)13/h2-4H,5H2,1H3,(H,12,13). The number of hydrogen-bond acceptors (Lipinski definition) is 3. The summed E-state index contributed by atoms with van der Waals surface area (Å²) in [4.78, 5) is 21.9. The van der Waals surface area contributed by atoms with Gasteiger partial charge >= 0.3 is 11.9 Å². The molecule has 0 aromatic heterocycles. The quantitative estimate of drug-likeness (QED) is 0.854. The van der Waals surface area contributed by atoms with Gasteiger partial charge in [-0.1, -0.05) is 22.0 Å². The Morgan fingerprint density at radius 2 is 2.13 bits per heavy atom. The lowest BCUT2D eigenvalue weighted by atomic mass is 10.0. The molecule has 0 radical (unpaired) electrons. The topological polar surface area (TPSA) is 63.6 Å². The van der Waals surface area contributed by atoms with Gasteiger partial charge in [-0.25, -0.2) is 4.79 Å². The van der Waals surface area contributed by atoms with Crippen molar-refractivity contribution in [1.29, 1.82) is 0 Å². The minimum absolute atomic E-state index is 0.216. The fourth-order valence-electron chi connectivity index (χ4n) is 1.19. The first-order valence-electron chi connectivity index (χ1n) is 4.13. The maximum Gasteiger partial charge on any atom is 0.338 e. The molecule has 0 atom stereocenters. The predicted molar refractivity (Wildman–Crippen MR) is 56.8 cm³/mol. The third kappa shape index (κ3) is 2.79. The molecule has 80 valence electrons. The van der Waals surface area contributed by atoms with Gasteiger partial charge in [0.2, 0.25) is 0 Å². The smallest absolute Gasteiger partial charge is 0.338 e. The van der Waals surface area contributed by atoms with E-state index < -0.39 is 11.9 Å². The van der Waals surface area contributed by atoms with E-state index in [1.807, 2.05) is 0 Å². The van der Waals surface area contributed by atoms with Gasteiger partial charge in [-0.3, -0.25) is 4.79 Å². The summed E-state index contributed by atoms with van der Waals surface area (Å²) in [5.74, 6) is -1.53. The van der Waals surface area contributed by atoms with Gasteiger partial charge in [-0.15, -0.1) is 0 Å². The average molecular weight is 273 g/mol. The van der Waals surface area contributed by atoms with E-state index in [9.17, 15) is 9.59 Å². The molecule has 0 unspecified atom stereocenters. The Hall–Kier alpha value is -1.36. The number of esters is 1. The molecule has 0 amide bonds. The summed E-state index contributed by atoms with van der Waals surface area (Å²) in [6, 6.07) is 4.88. The number of ether oxygens (including phenoxy) is 1. The second kappa shape index (κ2) is 4.93. The number of hydrogen-bond donors (Lipinski definition) is 1. The van der Waals surface area contributed by atoms with Crippen LogP contribution >= 0.6 is 15.9 Å². The number of carboxylic acid groups (broad SMARTS) is 1. The summed E-state index contributed by atoms with van der Waals surface area (Å²) < 4.78 is 5.15. The van der Waals surface area contributed by atoms with Gasteiger partial charge in [-0.2, -0.15) is 0 Å². The van der Waals surface area contributed by atoms with Crippen LogP contribution in [0.2, 0.25) is 0 Å². The molecule has 1 N–H and O–H groups in total. The highest BCUT2D eigenvalue weighted by atomic mass is 79.9. The summed E-state index contributed by atoms with van der Waals surface area (Å²) in [7, 11) is 1.26. The molecule has 0 saturated carbocycles. The van der Waals surface area contributed by atoms with Crippen molar-refractivity contribution < 1.29 is 19.4 Å². The maximum atomic E-state index is 11.3. The Morgan fingerprint density at radius 3 is 2.67 bits per heavy atom. The van der Waals surface area contributed by atoms with E-state index >= 15 is 0 Å². The van der Waals surface area contributed by atoms with Crippen LogP contribution in [0, 0.1) is 0 Å². The van der Waals surface area contributed by atoms with Gasteiger partial charge < -0.3 is 9.84 Å². The monoisotopic (exact) mass is 272 g/mol. The van der Waals surface area contributed by atoms with E-state index in [-0.39, 0.29) is 12.0 Å². The highest BCUT2D eigenvalue weighted by Crippen LogP contribution is 2.22. The van der Waals surface area contributed by atoms with Crippen molar-refractivity contribution in [2.75, 3.05) is 7.11 Å². The number of aliphatic carboxylic acids is 1. The first-order valence-corrected chi connectivity index (χ1v) is 4.93. The van der Waals surface area contributed by atoms with Crippen LogP contribution in [0.15, 0.2) is 22.7 Å².